The van der Waals surface area contributed by atoms with E-state index in [0.717, 1.165) is 57.8 Å². The Bertz CT molecular complexity index is 691. The Morgan fingerprint density at radius 1 is 0.559 bits per heavy atom. The van der Waals surface area contributed by atoms with Crippen molar-refractivity contribution in [1.82, 2.24) is 0 Å². The van der Waals surface area contributed by atoms with Crippen molar-refractivity contribution >= 4 is 129 Å². The van der Waals surface area contributed by atoms with Crippen LogP contribution in [0.2, 0.25) is 0 Å². The molecule has 3 aliphatic rings. The molecule has 0 N–H and O–H groups in total. The maximum atomic E-state index is 13.3. The lowest BCUT2D eigenvalue weighted by atomic mass is 9.89. The lowest BCUT2D eigenvalue weighted by Crippen LogP contribution is -2.53. The molecule has 0 aromatic rings. The monoisotopic (exact) mass is 876 g/mol. The molecule has 3 saturated carbocycles. The minimum atomic E-state index is -3.53. The van der Waals surface area contributed by atoms with Gasteiger partial charge < -0.3 is 11.4 Å². The number of rotatable bonds is 6. The van der Waals surface area contributed by atoms with E-state index in [2.05, 4.69) is 95.6 Å². The zero-order valence-corrected chi connectivity index (χ0v) is 29.2. The quantitative estimate of drug-likeness (QED) is 0.211. The van der Waals surface area contributed by atoms with E-state index < -0.39 is 46.0 Å². The average molecular weight is 882 g/mol. The zero-order chi connectivity index (χ0) is 25.1. The van der Waals surface area contributed by atoms with Gasteiger partial charge in [0.2, 0.25) is 0 Å². The fourth-order valence-electron chi connectivity index (χ4n) is 4.59. The highest BCUT2D eigenvalue weighted by Gasteiger charge is 2.59. The normalized spacial score (nSPS) is 38.5. The maximum absolute atomic E-state index is 13.3. The first-order valence-electron chi connectivity index (χ1n) is 11.6. The van der Waals surface area contributed by atoms with Crippen molar-refractivity contribution in [2.75, 3.05) is 0 Å². The third kappa shape index (κ3) is 6.69. The van der Waals surface area contributed by atoms with Crippen LogP contribution in [0.15, 0.2) is 0 Å². The van der Waals surface area contributed by atoms with Crippen molar-refractivity contribution in [2.45, 2.75) is 105 Å². The number of carbonyl (C=O) groups excluding carboxylic acids is 3. The molecule has 3 rings (SSSR count). The number of hydrogen-bond donors (Lipinski definition) is 0. The summed E-state index contributed by atoms with van der Waals surface area (Å²) in [5.41, 5.74) is 0. The molecule has 0 saturated heterocycles. The average Bonchev–Trinajstić information content (AvgIpc) is 2.79. The minimum absolute atomic E-state index is 0.136. The third-order valence-electron chi connectivity index (χ3n) is 6.86. The van der Waals surface area contributed by atoms with Crippen LogP contribution in [0.25, 0.3) is 0 Å². The van der Waals surface area contributed by atoms with Crippen molar-refractivity contribution in [3.05, 3.63) is 0 Å². The Hall–Kier alpha value is 1.82. The van der Waals surface area contributed by atoms with Crippen LogP contribution < -0.4 is 0 Å². The molecule has 6 unspecified atom stereocenters. The van der Waals surface area contributed by atoms with E-state index in [1.165, 1.54) is 0 Å². The third-order valence-corrected chi connectivity index (χ3v) is 17.5. The Kier molecular flexibility index (Phi) is 11.4. The Morgan fingerprint density at radius 2 is 0.824 bits per heavy atom. The molecule has 3 fully saturated rings. The zero-order valence-electron chi connectivity index (χ0n) is 18.5. The van der Waals surface area contributed by atoms with Gasteiger partial charge >= 0.3 is 15.1 Å². The molecule has 34 heavy (non-hydrogen) atoms. The van der Waals surface area contributed by atoms with Crippen LogP contribution in [-0.2, 0) is 25.7 Å². The van der Waals surface area contributed by atoms with E-state index >= 15 is 0 Å². The molecule has 0 radical (unpaired) electrons. The van der Waals surface area contributed by atoms with Crippen molar-refractivity contribution in [2.24, 2.45) is 0 Å². The number of hydrogen-bond acceptors (Lipinski definition) is 6. The van der Waals surface area contributed by atoms with Gasteiger partial charge in [0.05, 0.1) is 0 Å². The summed E-state index contributed by atoms with van der Waals surface area (Å²) in [7, 11) is 0. The molecule has 13 heteroatoms. The molecule has 3 aliphatic carbocycles. The second-order valence-corrected chi connectivity index (χ2v) is 18.1. The first-order chi connectivity index (χ1) is 15.9. The van der Waals surface area contributed by atoms with Gasteiger partial charge in [0.15, 0.2) is 0 Å². The van der Waals surface area contributed by atoms with E-state index in [1.807, 2.05) is 0 Å². The molecule has 0 heterocycles. The summed E-state index contributed by atoms with van der Waals surface area (Å²) >= 11 is 17.9. The van der Waals surface area contributed by atoms with E-state index in [4.69, 9.17) is 11.4 Å². The standard InChI is InChI=1S/3C7H10Br2O2.Al/c3*8-5-3-1-2-4-7(5,9)6(10)11;/h3*5H,1-4H2,(H,10,11);/q;;;+3/p-3. The topological polar surface area (TPSA) is 78.9 Å². The molecular formula is C21H27AlBr6O6. The molecule has 0 aliphatic heterocycles. The fourth-order valence-corrected chi connectivity index (χ4v) is 10.4. The summed E-state index contributed by atoms with van der Waals surface area (Å²) in [6.07, 6.45) is 9.70. The van der Waals surface area contributed by atoms with Crippen LogP contribution in [0.4, 0.5) is 0 Å². The summed E-state index contributed by atoms with van der Waals surface area (Å²) in [6, 6.07) is 0. The van der Waals surface area contributed by atoms with Crippen molar-refractivity contribution in [1.29, 1.82) is 0 Å². The lowest BCUT2D eigenvalue weighted by molar-refractivity contribution is -0.151. The molecule has 0 bridgehead atoms. The summed E-state index contributed by atoms with van der Waals surface area (Å²) < 4.78 is 14.3. The van der Waals surface area contributed by atoms with Crippen LogP contribution in [0.3, 0.4) is 0 Å². The van der Waals surface area contributed by atoms with Gasteiger partial charge in [-0.15, -0.1) is 0 Å². The number of alkyl halides is 6. The van der Waals surface area contributed by atoms with Gasteiger partial charge in [0, 0.05) is 14.5 Å². The van der Waals surface area contributed by atoms with E-state index in [-0.39, 0.29) is 14.5 Å². The van der Waals surface area contributed by atoms with Crippen LogP contribution in [0.1, 0.15) is 77.0 Å². The summed E-state index contributed by atoms with van der Waals surface area (Å²) in [4.78, 5) is 39.4. The van der Waals surface area contributed by atoms with E-state index in [9.17, 15) is 14.4 Å². The highest BCUT2D eigenvalue weighted by molar-refractivity contribution is 9.13. The largest absolute Gasteiger partial charge is 1.20 e. The Labute approximate surface area is 256 Å². The molecule has 192 valence electrons. The van der Waals surface area contributed by atoms with Gasteiger partial charge in [0.25, 0.3) is 17.9 Å². The van der Waals surface area contributed by atoms with Crippen LogP contribution in [0, 0.1) is 0 Å². The number of carbonyl (C=O) groups is 3. The van der Waals surface area contributed by atoms with Gasteiger partial charge in [0.1, 0.15) is 13.0 Å². The van der Waals surface area contributed by atoms with Gasteiger partial charge in [-0.1, -0.05) is 134 Å². The van der Waals surface area contributed by atoms with Gasteiger partial charge in [-0.05, 0) is 38.5 Å². The molecule has 6 nitrogen and oxygen atoms in total. The maximum Gasteiger partial charge on any atom is 1.20 e. The minimum Gasteiger partial charge on any atom is -0.550 e. The van der Waals surface area contributed by atoms with Crippen molar-refractivity contribution < 1.29 is 25.7 Å². The number of halogens is 6. The summed E-state index contributed by atoms with van der Waals surface area (Å²) in [5.74, 6) is -1.72. The van der Waals surface area contributed by atoms with Crippen LogP contribution in [0.5, 0.6) is 0 Å². The molecule has 0 spiro atoms. The first-order valence-corrected chi connectivity index (χ1v) is 18.1. The SMILES string of the molecule is O=C([O][Al]([O]C(=O)C1(Br)CCCCC1Br)[O]C(=O)C1(Br)CCCCC1Br)C1(Br)CCCCC1Br. The Balaban J connectivity index is 1.80. The van der Waals surface area contributed by atoms with Gasteiger partial charge in [-0.3, -0.25) is 14.4 Å². The highest BCUT2D eigenvalue weighted by Crippen LogP contribution is 2.44. The predicted octanol–water partition coefficient (Wildman–Crippen LogP) is 7.01. The highest BCUT2D eigenvalue weighted by atomic mass is 79.9. The van der Waals surface area contributed by atoms with E-state index in [1.54, 1.807) is 0 Å². The molecule has 6 atom stereocenters. The predicted molar refractivity (Wildman–Crippen MR) is 153 cm³/mol. The van der Waals surface area contributed by atoms with Crippen LogP contribution in [-0.4, -0.2) is 60.5 Å². The Morgan fingerprint density at radius 3 is 1.06 bits per heavy atom. The second kappa shape index (κ2) is 12.8. The lowest BCUT2D eigenvalue weighted by Gasteiger charge is -2.37. The molecule has 0 amide bonds. The second-order valence-electron chi connectivity index (χ2n) is 9.23. The summed E-state index contributed by atoms with van der Waals surface area (Å²) in [6.45, 7) is 0. The van der Waals surface area contributed by atoms with Gasteiger partial charge in [-0.25, -0.2) is 0 Å². The van der Waals surface area contributed by atoms with Crippen LogP contribution >= 0.6 is 95.6 Å². The van der Waals surface area contributed by atoms with E-state index in [0.29, 0.717) is 19.3 Å². The first kappa shape index (κ1) is 30.4. The molecular weight excluding hydrogens is 855 g/mol. The van der Waals surface area contributed by atoms with Gasteiger partial charge in [-0.2, -0.15) is 0 Å². The molecule has 0 aromatic carbocycles. The molecule has 0 aromatic heterocycles. The van der Waals surface area contributed by atoms with Crippen molar-refractivity contribution in [3.8, 4) is 0 Å². The summed E-state index contributed by atoms with van der Waals surface area (Å²) in [5, 5.41) is 0. The smallest absolute Gasteiger partial charge is 0.550 e. The van der Waals surface area contributed by atoms with Crippen molar-refractivity contribution in [3.63, 3.8) is 0 Å². The fraction of sp³-hybridized carbons (Fsp3) is 0.857.